The number of carbonyl (C=O) groups is 1. The topological polar surface area (TPSA) is 101 Å². The predicted octanol–water partition coefficient (Wildman–Crippen LogP) is 2.86. The minimum atomic E-state index is -3.64. The van der Waals surface area contributed by atoms with E-state index in [1.165, 1.54) is 52.7 Å². The summed E-state index contributed by atoms with van der Waals surface area (Å²) in [7, 11) is -2.21. The molecule has 8 nitrogen and oxygen atoms in total. The molecule has 1 aliphatic heterocycles. The summed E-state index contributed by atoms with van der Waals surface area (Å²) in [5, 5.41) is 10.9. The molecule has 1 aromatic heterocycles. The van der Waals surface area contributed by atoms with Crippen LogP contribution in [-0.4, -0.2) is 54.8 Å². The van der Waals surface area contributed by atoms with E-state index in [-0.39, 0.29) is 16.2 Å². The number of rotatable bonds is 8. The van der Waals surface area contributed by atoms with Gasteiger partial charge in [0.25, 0.3) is 5.91 Å². The first-order valence-corrected chi connectivity index (χ1v) is 11.8. The molecule has 11 heteroatoms. The SMILES string of the molecule is C=CCSc1nnc(NC(=O)c2cc(S(=O)(=O)N3CCCC3)ccc2OC)s1. The monoisotopic (exact) mass is 440 g/mol. The van der Waals surface area contributed by atoms with Gasteiger partial charge >= 0.3 is 0 Å². The molecular weight excluding hydrogens is 420 g/mol. The van der Waals surface area contributed by atoms with E-state index in [0.29, 0.717) is 28.3 Å². The smallest absolute Gasteiger partial charge is 0.261 e. The number of aromatic nitrogens is 2. The van der Waals surface area contributed by atoms with Crippen LogP contribution >= 0.6 is 23.1 Å². The number of thioether (sulfide) groups is 1. The highest BCUT2D eigenvalue weighted by molar-refractivity contribution is 8.01. The van der Waals surface area contributed by atoms with Gasteiger partial charge in [-0.1, -0.05) is 29.2 Å². The van der Waals surface area contributed by atoms with E-state index in [1.807, 2.05) is 0 Å². The van der Waals surface area contributed by atoms with E-state index in [0.717, 1.165) is 12.8 Å². The molecule has 150 valence electrons. The Morgan fingerprint density at radius 3 is 2.82 bits per heavy atom. The maximum absolute atomic E-state index is 12.8. The zero-order valence-electron chi connectivity index (χ0n) is 15.3. The Balaban J connectivity index is 1.84. The maximum atomic E-state index is 12.8. The number of benzene rings is 1. The van der Waals surface area contributed by atoms with Gasteiger partial charge in [-0.05, 0) is 31.0 Å². The summed E-state index contributed by atoms with van der Waals surface area (Å²) < 4.78 is 33.0. The Bertz CT molecular complexity index is 969. The number of methoxy groups -OCH3 is 1. The van der Waals surface area contributed by atoms with Crippen LogP contribution in [0, 0.1) is 0 Å². The molecule has 0 saturated carbocycles. The van der Waals surface area contributed by atoms with Crippen LogP contribution in [0.15, 0.2) is 40.1 Å². The lowest BCUT2D eigenvalue weighted by Crippen LogP contribution is -2.28. The van der Waals surface area contributed by atoms with Crippen molar-refractivity contribution in [3.8, 4) is 5.75 Å². The van der Waals surface area contributed by atoms with Crippen molar-refractivity contribution in [3.63, 3.8) is 0 Å². The lowest BCUT2D eigenvalue weighted by Gasteiger charge is -2.17. The van der Waals surface area contributed by atoms with Crippen molar-refractivity contribution in [1.29, 1.82) is 0 Å². The summed E-state index contributed by atoms with van der Waals surface area (Å²) in [4.78, 5) is 12.8. The van der Waals surface area contributed by atoms with Gasteiger partial charge in [0, 0.05) is 18.8 Å². The summed E-state index contributed by atoms with van der Waals surface area (Å²) in [6.45, 7) is 4.63. The number of anilines is 1. The quantitative estimate of drug-likeness (QED) is 0.383. The second-order valence-corrected chi connectivity index (χ2v) is 10.1. The average Bonchev–Trinajstić information content (AvgIpc) is 3.38. The van der Waals surface area contributed by atoms with Gasteiger partial charge in [0.05, 0.1) is 17.6 Å². The van der Waals surface area contributed by atoms with Gasteiger partial charge in [-0.2, -0.15) is 4.31 Å². The third-order valence-corrected chi connectivity index (χ3v) is 7.93. The summed E-state index contributed by atoms with van der Waals surface area (Å²) in [6, 6.07) is 4.29. The molecule has 3 rings (SSSR count). The highest BCUT2D eigenvalue weighted by Crippen LogP contribution is 2.29. The number of ether oxygens (including phenoxy) is 1. The van der Waals surface area contributed by atoms with Crippen molar-refractivity contribution in [2.75, 3.05) is 31.3 Å². The van der Waals surface area contributed by atoms with Crippen LogP contribution in [0.4, 0.5) is 5.13 Å². The third-order valence-electron chi connectivity index (χ3n) is 4.07. The molecule has 2 heterocycles. The van der Waals surface area contributed by atoms with E-state index in [9.17, 15) is 13.2 Å². The van der Waals surface area contributed by atoms with Crippen LogP contribution in [0.2, 0.25) is 0 Å². The number of hydrogen-bond donors (Lipinski definition) is 1. The Kier molecular flexibility index (Phi) is 6.70. The van der Waals surface area contributed by atoms with Crippen LogP contribution in [0.25, 0.3) is 0 Å². The second-order valence-electron chi connectivity index (χ2n) is 5.90. The second kappa shape index (κ2) is 9.03. The van der Waals surface area contributed by atoms with E-state index in [4.69, 9.17) is 4.74 Å². The number of sulfonamides is 1. The predicted molar refractivity (Wildman–Crippen MR) is 110 cm³/mol. The van der Waals surface area contributed by atoms with Crippen molar-refractivity contribution in [1.82, 2.24) is 14.5 Å². The van der Waals surface area contributed by atoms with Crippen LogP contribution in [0.5, 0.6) is 5.75 Å². The van der Waals surface area contributed by atoms with Gasteiger partial charge < -0.3 is 4.74 Å². The largest absolute Gasteiger partial charge is 0.496 e. The summed E-state index contributed by atoms with van der Waals surface area (Å²) in [5.41, 5.74) is 0.123. The van der Waals surface area contributed by atoms with Crippen molar-refractivity contribution >= 4 is 44.2 Å². The molecule has 2 aromatic rings. The Morgan fingerprint density at radius 1 is 1.39 bits per heavy atom. The number of amides is 1. The molecule has 0 spiro atoms. The molecule has 1 aromatic carbocycles. The average molecular weight is 441 g/mol. The van der Waals surface area contributed by atoms with E-state index in [2.05, 4.69) is 22.1 Å². The number of nitrogens with one attached hydrogen (secondary N) is 1. The molecule has 1 saturated heterocycles. The van der Waals surface area contributed by atoms with E-state index < -0.39 is 15.9 Å². The molecule has 1 N–H and O–H groups in total. The fourth-order valence-electron chi connectivity index (χ4n) is 2.72. The Hall–Kier alpha value is -1.95. The van der Waals surface area contributed by atoms with Crippen molar-refractivity contribution in [3.05, 3.63) is 36.4 Å². The molecule has 1 amide bonds. The molecule has 0 bridgehead atoms. The van der Waals surface area contributed by atoms with Gasteiger partial charge in [-0.25, -0.2) is 8.42 Å². The highest BCUT2D eigenvalue weighted by Gasteiger charge is 2.28. The normalized spacial score (nSPS) is 14.8. The molecular formula is C17H20N4O4S3. The third kappa shape index (κ3) is 4.54. The van der Waals surface area contributed by atoms with Crippen LogP contribution < -0.4 is 10.1 Å². The van der Waals surface area contributed by atoms with Gasteiger partial charge in [0.15, 0.2) is 4.34 Å². The highest BCUT2D eigenvalue weighted by atomic mass is 32.2. The molecule has 0 atom stereocenters. The van der Waals surface area contributed by atoms with Crippen LogP contribution in [-0.2, 0) is 10.0 Å². The number of carbonyl (C=O) groups excluding carboxylic acids is 1. The minimum Gasteiger partial charge on any atom is -0.496 e. The van der Waals surface area contributed by atoms with Gasteiger partial charge in [0.1, 0.15) is 5.75 Å². The molecule has 28 heavy (non-hydrogen) atoms. The van der Waals surface area contributed by atoms with Crippen molar-refractivity contribution in [2.45, 2.75) is 22.1 Å². The number of hydrogen-bond acceptors (Lipinski definition) is 8. The summed E-state index contributed by atoms with van der Waals surface area (Å²) >= 11 is 2.69. The first kappa shape index (κ1) is 20.8. The number of nitrogens with zero attached hydrogens (tertiary/aromatic N) is 3. The summed E-state index contributed by atoms with van der Waals surface area (Å²) in [5.74, 6) is 0.461. The lowest BCUT2D eigenvalue weighted by molar-refractivity contribution is 0.102. The zero-order valence-corrected chi connectivity index (χ0v) is 17.7. The van der Waals surface area contributed by atoms with Crippen molar-refractivity contribution in [2.24, 2.45) is 0 Å². The fraction of sp³-hybridized carbons (Fsp3) is 0.353. The van der Waals surface area contributed by atoms with Gasteiger partial charge in [-0.15, -0.1) is 16.8 Å². The van der Waals surface area contributed by atoms with E-state index >= 15 is 0 Å². The van der Waals surface area contributed by atoms with Gasteiger partial charge in [0.2, 0.25) is 15.2 Å². The molecule has 1 aliphatic rings. The first-order valence-electron chi connectivity index (χ1n) is 8.52. The Labute approximate surface area is 172 Å². The molecule has 1 fully saturated rings. The van der Waals surface area contributed by atoms with E-state index in [1.54, 1.807) is 6.08 Å². The standard InChI is InChI=1S/C17H20N4O4S3/c1-3-10-26-17-20-19-16(27-17)18-15(22)13-11-12(6-7-14(13)25-2)28(23,24)21-8-4-5-9-21/h3,6-7,11H,1,4-5,8-10H2,2H3,(H,18,19,22). The summed E-state index contributed by atoms with van der Waals surface area (Å²) in [6.07, 6.45) is 3.43. The fourth-order valence-corrected chi connectivity index (χ4v) is 5.77. The molecule has 0 aliphatic carbocycles. The lowest BCUT2D eigenvalue weighted by atomic mass is 10.2. The van der Waals surface area contributed by atoms with Crippen molar-refractivity contribution < 1.29 is 17.9 Å². The first-order chi connectivity index (χ1) is 13.5. The zero-order chi connectivity index (χ0) is 20.1. The Morgan fingerprint density at radius 2 is 2.14 bits per heavy atom. The molecule has 0 unspecified atom stereocenters. The van der Waals surface area contributed by atoms with Crippen LogP contribution in [0.3, 0.4) is 0 Å². The molecule has 0 radical (unpaired) electrons. The maximum Gasteiger partial charge on any atom is 0.261 e. The van der Waals surface area contributed by atoms with Crippen LogP contribution in [0.1, 0.15) is 23.2 Å². The van der Waals surface area contributed by atoms with Gasteiger partial charge in [-0.3, -0.25) is 10.1 Å². The minimum absolute atomic E-state index is 0.0693.